The minimum absolute atomic E-state index is 0.136. The molecule has 172 valence electrons. The second-order valence-corrected chi connectivity index (χ2v) is 8.75. The van der Waals surface area contributed by atoms with E-state index in [2.05, 4.69) is 6.58 Å². The van der Waals surface area contributed by atoms with Gasteiger partial charge in [-0.1, -0.05) is 24.3 Å². The Labute approximate surface area is 187 Å². The third kappa shape index (κ3) is 5.12. The zero-order valence-corrected chi connectivity index (χ0v) is 19.0. The fourth-order valence-electron chi connectivity index (χ4n) is 3.74. The number of esters is 1. The molecule has 2 aromatic rings. The van der Waals surface area contributed by atoms with E-state index >= 15 is 0 Å². The highest BCUT2D eigenvalue weighted by Crippen LogP contribution is 2.27. The third-order valence-electron chi connectivity index (χ3n) is 5.19. The van der Waals surface area contributed by atoms with Crippen molar-refractivity contribution in [3.8, 4) is 5.88 Å². The van der Waals surface area contributed by atoms with E-state index in [0.29, 0.717) is 24.2 Å². The Morgan fingerprint density at radius 1 is 1.25 bits per heavy atom. The summed E-state index contributed by atoms with van der Waals surface area (Å²) in [4.78, 5) is 39.4. The van der Waals surface area contributed by atoms with Crippen LogP contribution in [-0.2, 0) is 20.8 Å². The van der Waals surface area contributed by atoms with Crippen molar-refractivity contribution in [1.29, 1.82) is 0 Å². The monoisotopic (exact) mass is 442 g/mol. The summed E-state index contributed by atoms with van der Waals surface area (Å²) in [5, 5.41) is 1.35. The Hall–Kier alpha value is -3.29. The zero-order chi connectivity index (χ0) is 23.5. The van der Waals surface area contributed by atoms with E-state index in [1.54, 1.807) is 37.5 Å². The molecule has 1 aliphatic heterocycles. The predicted molar refractivity (Wildman–Crippen MR) is 121 cm³/mol. The molecule has 1 saturated heterocycles. The minimum atomic E-state index is -0.825. The maximum Gasteiger partial charge on any atom is 0.411 e. The number of fused-ring (bicyclic) bond motifs is 1. The van der Waals surface area contributed by atoms with Gasteiger partial charge in [0, 0.05) is 24.4 Å². The number of amides is 1. The number of methoxy groups -OCH3 is 1. The lowest BCUT2D eigenvalue weighted by molar-refractivity contribution is -0.145. The number of hydrogen-bond donors (Lipinski definition) is 0. The van der Waals surface area contributed by atoms with Crippen molar-refractivity contribution in [1.82, 2.24) is 9.47 Å². The van der Waals surface area contributed by atoms with E-state index in [-0.39, 0.29) is 18.5 Å². The topological polar surface area (TPSA) is 87.1 Å². The summed E-state index contributed by atoms with van der Waals surface area (Å²) in [6, 6.07) is 8.28. The summed E-state index contributed by atoms with van der Waals surface area (Å²) in [6.45, 7) is 9.55. The molecule has 0 N–H and O–H groups in total. The molecule has 0 bridgehead atoms. The van der Waals surface area contributed by atoms with Crippen LogP contribution >= 0.6 is 0 Å². The number of carbonyl (C=O) groups excluding carboxylic acids is 2. The molecule has 1 aromatic carbocycles. The third-order valence-corrected chi connectivity index (χ3v) is 5.19. The van der Waals surface area contributed by atoms with Crippen LogP contribution in [0.25, 0.3) is 10.8 Å². The first kappa shape index (κ1) is 23.4. The number of rotatable bonds is 6. The van der Waals surface area contributed by atoms with Gasteiger partial charge in [0.25, 0.3) is 5.56 Å². The zero-order valence-electron chi connectivity index (χ0n) is 19.0. The Bertz CT molecular complexity index is 1070. The van der Waals surface area contributed by atoms with E-state index in [4.69, 9.17) is 14.2 Å². The van der Waals surface area contributed by atoms with Gasteiger partial charge in [0.05, 0.1) is 13.7 Å². The lowest BCUT2D eigenvalue weighted by Gasteiger charge is -2.27. The van der Waals surface area contributed by atoms with E-state index in [9.17, 15) is 14.4 Å². The van der Waals surface area contributed by atoms with Gasteiger partial charge in [-0.05, 0) is 38.6 Å². The van der Waals surface area contributed by atoms with Crippen LogP contribution in [0.3, 0.4) is 0 Å². The lowest BCUT2D eigenvalue weighted by Crippen LogP contribution is -2.44. The first-order valence-corrected chi connectivity index (χ1v) is 10.6. The van der Waals surface area contributed by atoms with Gasteiger partial charge in [-0.2, -0.15) is 0 Å². The van der Waals surface area contributed by atoms with Crippen LogP contribution in [0, 0.1) is 0 Å². The van der Waals surface area contributed by atoms with Crippen molar-refractivity contribution in [2.75, 3.05) is 13.7 Å². The minimum Gasteiger partial charge on any atom is -0.473 e. The van der Waals surface area contributed by atoms with Crippen LogP contribution < -0.4 is 10.3 Å². The molecule has 1 aliphatic rings. The number of benzene rings is 1. The Balaban J connectivity index is 1.92. The number of ether oxygens (including phenoxy) is 3. The molecule has 0 radical (unpaired) electrons. The number of nitrogens with zero attached hydrogens (tertiary/aromatic N) is 2. The van der Waals surface area contributed by atoms with Crippen molar-refractivity contribution < 1.29 is 23.8 Å². The number of pyridine rings is 1. The summed E-state index contributed by atoms with van der Waals surface area (Å²) < 4.78 is 18.1. The quantitative estimate of drug-likeness (QED) is 0.503. The molecule has 1 fully saturated rings. The molecular formula is C24H30N2O6. The Morgan fingerprint density at radius 3 is 2.62 bits per heavy atom. The fraction of sp³-hybridized carbons (Fsp3) is 0.458. The standard InChI is InChI=1S/C24H30N2O6/c1-6-7-12-25-20(13-16-10-8-9-11-18(16)21(25)27)31-17-14-19(22(28)30-5)26(15-17)23(29)32-24(2,3)4/h6,8-11,13,17,19H,1,7,12,14-15H2,2-5H3/t17-,19+/m1/s1. The Morgan fingerprint density at radius 2 is 1.97 bits per heavy atom. The highest BCUT2D eigenvalue weighted by molar-refractivity contribution is 5.83. The highest BCUT2D eigenvalue weighted by Gasteiger charge is 2.43. The molecule has 0 saturated carbocycles. The maximum absolute atomic E-state index is 13.1. The van der Waals surface area contributed by atoms with Gasteiger partial charge in [0.1, 0.15) is 17.7 Å². The van der Waals surface area contributed by atoms with E-state index in [1.165, 1.54) is 12.0 Å². The normalized spacial score (nSPS) is 18.4. The van der Waals surface area contributed by atoms with Gasteiger partial charge in [-0.3, -0.25) is 14.3 Å². The van der Waals surface area contributed by atoms with E-state index in [0.717, 1.165) is 5.39 Å². The molecule has 32 heavy (non-hydrogen) atoms. The fourth-order valence-corrected chi connectivity index (χ4v) is 3.74. The second-order valence-electron chi connectivity index (χ2n) is 8.75. The summed E-state index contributed by atoms with van der Waals surface area (Å²) in [7, 11) is 1.28. The molecule has 2 atom stereocenters. The van der Waals surface area contributed by atoms with Gasteiger partial charge >= 0.3 is 12.1 Å². The van der Waals surface area contributed by atoms with Crippen molar-refractivity contribution >= 4 is 22.8 Å². The van der Waals surface area contributed by atoms with Gasteiger partial charge in [0.15, 0.2) is 5.88 Å². The van der Waals surface area contributed by atoms with Crippen LogP contribution in [-0.4, -0.2) is 52.9 Å². The molecular weight excluding hydrogens is 412 g/mol. The van der Waals surface area contributed by atoms with Gasteiger partial charge in [-0.15, -0.1) is 6.58 Å². The number of hydrogen-bond acceptors (Lipinski definition) is 6. The average molecular weight is 443 g/mol. The van der Waals surface area contributed by atoms with Crippen LogP contribution in [0.15, 0.2) is 47.8 Å². The van der Waals surface area contributed by atoms with Gasteiger partial charge in [-0.25, -0.2) is 9.59 Å². The first-order chi connectivity index (χ1) is 15.1. The second kappa shape index (κ2) is 9.46. The summed E-state index contributed by atoms with van der Waals surface area (Å²) in [5.74, 6) is -0.153. The van der Waals surface area contributed by atoms with Crippen LogP contribution in [0.4, 0.5) is 4.79 Å². The predicted octanol–water partition coefficient (Wildman–Crippen LogP) is 3.51. The molecule has 3 rings (SSSR count). The number of aromatic nitrogens is 1. The number of allylic oxidation sites excluding steroid dienone is 1. The summed E-state index contributed by atoms with van der Waals surface area (Å²) in [5.41, 5.74) is -0.869. The van der Waals surface area contributed by atoms with E-state index < -0.39 is 29.8 Å². The van der Waals surface area contributed by atoms with Gasteiger partial charge < -0.3 is 14.2 Å². The summed E-state index contributed by atoms with van der Waals surface area (Å²) in [6.07, 6.45) is 1.43. The van der Waals surface area contributed by atoms with Crippen molar-refractivity contribution in [2.24, 2.45) is 0 Å². The molecule has 0 aliphatic carbocycles. The van der Waals surface area contributed by atoms with Gasteiger partial charge in [0.2, 0.25) is 0 Å². The van der Waals surface area contributed by atoms with Crippen molar-refractivity contribution in [3.05, 3.63) is 53.3 Å². The largest absolute Gasteiger partial charge is 0.473 e. The first-order valence-electron chi connectivity index (χ1n) is 10.6. The number of carbonyl (C=O) groups is 2. The molecule has 8 nitrogen and oxygen atoms in total. The van der Waals surface area contributed by atoms with Crippen LogP contribution in [0.2, 0.25) is 0 Å². The summed E-state index contributed by atoms with van der Waals surface area (Å²) >= 11 is 0. The van der Waals surface area contributed by atoms with E-state index in [1.807, 2.05) is 24.3 Å². The SMILES string of the molecule is C=CCCn1c(O[C@@H]2C[C@@H](C(=O)OC)N(C(=O)OC(C)(C)C)C2)cc2ccccc2c1=O. The Kier molecular flexibility index (Phi) is 6.91. The maximum atomic E-state index is 13.1. The lowest BCUT2D eigenvalue weighted by atomic mass is 10.1. The van der Waals surface area contributed by atoms with Crippen molar-refractivity contribution in [3.63, 3.8) is 0 Å². The molecule has 0 spiro atoms. The van der Waals surface area contributed by atoms with Crippen molar-refractivity contribution in [2.45, 2.75) is 57.9 Å². The highest BCUT2D eigenvalue weighted by atomic mass is 16.6. The average Bonchev–Trinajstić information content (AvgIpc) is 3.16. The smallest absolute Gasteiger partial charge is 0.411 e. The molecule has 1 amide bonds. The molecule has 2 heterocycles. The van der Waals surface area contributed by atoms with Crippen LogP contribution in [0.5, 0.6) is 5.88 Å². The van der Waals surface area contributed by atoms with Crippen LogP contribution in [0.1, 0.15) is 33.6 Å². The number of likely N-dealkylation sites (tertiary alicyclic amines) is 1. The molecule has 0 unspecified atom stereocenters. The molecule has 1 aromatic heterocycles. The molecule has 8 heteroatoms.